The van der Waals surface area contributed by atoms with Crippen molar-refractivity contribution in [1.29, 1.82) is 0 Å². The highest BCUT2D eigenvalue weighted by molar-refractivity contribution is 7.91. The first-order valence-electron chi connectivity index (χ1n) is 12.8. The molecule has 3 aliphatic rings. The molecule has 2 atom stereocenters. The summed E-state index contributed by atoms with van der Waals surface area (Å²) in [5.41, 5.74) is 5.63. The Morgan fingerprint density at radius 2 is 1.86 bits per heavy atom. The molecular formula is C28H34N4O2S. The largest absolute Gasteiger partial charge is 0.371 e. The highest BCUT2D eigenvalue weighted by atomic mass is 32.2. The van der Waals surface area contributed by atoms with Gasteiger partial charge in [-0.05, 0) is 67.6 Å². The molecule has 1 aliphatic carbocycles. The molecule has 2 aromatic carbocycles. The second-order valence-electron chi connectivity index (χ2n) is 10.6. The molecule has 3 heterocycles. The van der Waals surface area contributed by atoms with Crippen molar-refractivity contribution in [3.8, 4) is 0 Å². The van der Waals surface area contributed by atoms with Crippen molar-refractivity contribution in [2.24, 2.45) is 13.0 Å². The number of fused-ring (bicyclic) bond motifs is 1. The lowest BCUT2D eigenvalue weighted by Crippen LogP contribution is -2.50. The van der Waals surface area contributed by atoms with Crippen molar-refractivity contribution in [2.45, 2.75) is 42.7 Å². The van der Waals surface area contributed by atoms with E-state index in [0.717, 1.165) is 25.9 Å². The van der Waals surface area contributed by atoms with E-state index in [0.29, 0.717) is 12.0 Å². The molecule has 0 saturated carbocycles. The van der Waals surface area contributed by atoms with Gasteiger partial charge in [-0.15, -0.1) is 0 Å². The Kier molecular flexibility index (Phi) is 5.93. The van der Waals surface area contributed by atoms with Gasteiger partial charge in [0, 0.05) is 49.9 Å². The zero-order valence-electron chi connectivity index (χ0n) is 20.4. The van der Waals surface area contributed by atoms with Crippen LogP contribution >= 0.6 is 0 Å². The number of likely N-dealkylation sites (tertiary alicyclic amines) is 1. The fourth-order valence-corrected chi connectivity index (χ4v) is 7.66. The number of sulfone groups is 1. The van der Waals surface area contributed by atoms with Gasteiger partial charge in [-0.25, -0.2) is 13.4 Å². The fourth-order valence-electron chi connectivity index (χ4n) is 6.12. The Morgan fingerprint density at radius 3 is 2.54 bits per heavy atom. The molecule has 35 heavy (non-hydrogen) atoms. The molecule has 1 aromatic heterocycles. The van der Waals surface area contributed by atoms with Crippen LogP contribution in [0.1, 0.15) is 35.4 Å². The zero-order valence-corrected chi connectivity index (χ0v) is 21.2. The first kappa shape index (κ1) is 22.8. The lowest BCUT2D eigenvalue weighted by Gasteiger charge is -2.46. The molecule has 2 aliphatic heterocycles. The summed E-state index contributed by atoms with van der Waals surface area (Å²) >= 11 is 0. The smallest absolute Gasteiger partial charge is 0.197 e. The molecule has 7 heteroatoms. The van der Waals surface area contributed by atoms with Gasteiger partial charge < -0.3 is 9.47 Å². The number of anilines is 1. The van der Waals surface area contributed by atoms with Crippen molar-refractivity contribution in [1.82, 2.24) is 14.5 Å². The molecule has 6 nitrogen and oxygen atoms in total. The third-order valence-corrected chi connectivity index (χ3v) is 9.90. The van der Waals surface area contributed by atoms with E-state index in [1.807, 2.05) is 0 Å². The van der Waals surface area contributed by atoms with Crippen molar-refractivity contribution < 1.29 is 8.42 Å². The highest BCUT2D eigenvalue weighted by Crippen LogP contribution is 2.41. The summed E-state index contributed by atoms with van der Waals surface area (Å²) in [5, 5.41) is 0.188. The predicted molar refractivity (Wildman–Crippen MR) is 139 cm³/mol. The van der Waals surface area contributed by atoms with Crippen LogP contribution < -0.4 is 4.90 Å². The molecule has 2 saturated heterocycles. The SMILES string of the molecule is Cn1cnc(S(=O)(=O)CC2CN(c3ccc4c(c3)[C@@H](Cc3ccccc3)[C@@H](N3CCC3)CC4)C2)c1. The van der Waals surface area contributed by atoms with Gasteiger partial charge in [0.1, 0.15) is 0 Å². The number of imidazole rings is 1. The number of benzene rings is 2. The molecule has 0 radical (unpaired) electrons. The van der Waals surface area contributed by atoms with Crippen LogP contribution in [0.4, 0.5) is 5.69 Å². The monoisotopic (exact) mass is 490 g/mol. The summed E-state index contributed by atoms with van der Waals surface area (Å²) in [6.45, 7) is 4.01. The van der Waals surface area contributed by atoms with Crippen LogP contribution in [-0.2, 0) is 29.7 Å². The van der Waals surface area contributed by atoms with Gasteiger partial charge in [0.15, 0.2) is 14.9 Å². The molecular weight excluding hydrogens is 456 g/mol. The number of rotatable bonds is 7. The molecule has 0 unspecified atom stereocenters. The van der Waals surface area contributed by atoms with Crippen molar-refractivity contribution >= 4 is 15.5 Å². The Bertz CT molecular complexity index is 1290. The molecule has 2 fully saturated rings. The minimum atomic E-state index is -3.34. The first-order chi connectivity index (χ1) is 17.0. The van der Waals surface area contributed by atoms with E-state index in [1.54, 1.807) is 24.1 Å². The highest BCUT2D eigenvalue weighted by Gasteiger charge is 2.37. The first-order valence-corrected chi connectivity index (χ1v) is 14.5. The summed E-state index contributed by atoms with van der Waals surface area (Å²) < 4.78 is 27.2. The standard InChI is InChI=1S/C28H34N4O2S/c1-30-18-28(29-20-30)35(33,34)19-22-16-32(17-22)24-10-8-23-9-11-27(31-12-5-13-31)26(25(23)15-24)14-21-6-3-2-4-7-21/h2-4,6-8,10,15,18,20,22,26-27H,5,9,11-14,16-17,19H2,1H3/t26-,27+/m1/s1. The quantitative estimate of drug-likeness (QED) is 0.506. The van der Waals surface area contributed by atoms with Gasteiger partial charge in [0.05, 0.1) is 12.1 Å². The van der Waals surface area contributed by atoms with Crippen molar-refractivity contribution in [3.63, 3.8) is 0 Å². The molecule has 6 rings (SSSR count). The Balaban J connectivity index is 1.19. The zero-order chi connectivity index (χ0) is 24.0. The summed E-state index contributed by atoms with van der Waals surface area (Å²) in [6.07, 6.45) is 7.92. The van der Waals surface area contributed by atoms with Gasteiger partial charge >= 0.3 is 0 Å². The lowest BCUT2D eigenvalue weighted by atomic mass is 9.74. The maximum atomic E-state index is 12.7. The Labute approximate surface area is 208 Å². The second-order valence-corrected chi connectivity index (χ2v) is 12.6. The van der Waals surface area contributed by atoms with E-state index in [4.69, 9.17) is 0 Å². The molecule has 0 bridgehead atoms. The van der Waals surface area contributed by atoms with E-state index in [2.05, 4.69) is 63.3 Å². The van der Waals surface area contributed by atoms with Crippen LogP contribution in [0, 0.1) is 5.92 Å². The van der Waals surface area contributed by atoms with Crippen LogP contribution in [-0.4, -0.2) is 60.8 Å². The van der Waals surface area contributed by atoms with E-state index >= 15 is 0 Å². The normalized spacial score (nSPS) is 22.9. The van der Waals surface area contributed by atoms with Gasteiger partial charge in [-0.1, -0.05) is 36.4 Å². The van der Waals surface area contributed by atoms with E-state index < -0.39 is 9.84 Å². The molecule has 3 aromatic rings. The molecule has 0 N–H and O–H groups in total. The van der Waals surface area contributed by atoms with Crippen LogP contribution in [0.2, 0.25) is 0 Å². The van der Waals surface area contributed by atoms with Gasteiger partial charge in [-0.2, -0.15) is 0 Å². The third-order valence-electron chi connectivity index (χ3n) is 8.14. The van der Waals surface area contributed by atoms with Gasteiger partial charge in [0.2, 0.25) is 0 Å². The fraction of sp³-hybridized carbons (Fsp3) is 0.464. The maximum Gasteiger partial charge on any atom is 0.197 e. The summed E-state index contributed by atoms with van der Waals surface area (Å²) in [7, 11) is -1.54. The van der Waals surface area contributed by atoms with E-state index in [1.165, 1.54) is 48.3 Å². The Morgan fingerprint density at radius 1 is 1.06 bits per heavy atom. The minimum Gasteiger partial charge on any atom is -0.371 e. The average molecular weight is 491 g/mol. The Hall–Kier alpha value is -2.64. The summed E-state index contributed by atoms with van der Waals surface area (Å²) in [6, 6.07) is 18.5. The van der Waals surface area contributed by atoms with Crippen LogP contribution in [0.3, 0.4) is 0 Å². The van der Waals surface area contributed by atoms with Crippen LogP contribution in [0.25, 0.3) is 0 Å². The lowest BCUT2D eigenvalue weighted by molar-refractivity contribution is 0.0877. The second kappa shape index (κ2) is 9.10. The predicted octanol–water partition coefficient (Wildman–Crippen LogP) is 3.68. The van der Waals surface area contributed by atoms with Crippen LogP contribution in [0.5, 0.6) is 0 Å². The minimum absolute atomic E-state index is 0.145. The maximum absolute atomic E-state index is 12.7. The van der Waals surface area contributed by atoms with Crippen molar-refractivity contribution in [2.75, 3.05) is 36.8 Å². The van der Waals surface area contributed by atoms with Crippen LogP contribution in [0.15, 0.2) is 66.1 Å². The van der Waals surface area contributed by atoms with Gasteiger partial charge in [-0.3, -0.25) is 4.90 Å². The number of hydrogen-bond acceptors (Lipinski definition) is 5. The molecule has 0 spiro atoms. The number of nitrogens with zero attached hydrogens (tertiary/aromatic N) is 4. The van der Waals surface area contributed by atoms with E-state index in [-0.39, 0.29) is 16.7 Å². The number of hydrogen-bond donors (Lipinski definition) is 0. The molecule has 0 amide bonds. The topological polar surface area (TPSA) is 58.4 Å². The number of aryl methyl sites for hydroxylation is 2. The average Bonchev–Trinajstić information content (AvgIpc) is 3.24. The number of aromatic nitrogens is 2. The third kappa shape index (κ3) is 4.52. The summed E-state index contributed by atoms with van der Waals surface area (Å²) in [5.74, 6) is 0.814. The van der Waals surface area contributed by atoms with Crippen molar-refractivity contribution in [3.05, 3.63) is 77.7 Å². The van der Waals surface area contributed by atoms with E-state index in [9.17, 15) is 8.42 Å². The summed E-state index contributed by atoms with van der Waals surface area (Å²) in [4.78, 5) is 9.08. The molecule has 184 valence electrons. The van der Waals surface area contributed by atoms with Gasteiger partial charge in [0.25, 0.3) is 0 Å².